The Balaban J connectivity index is 3.27. The fraction of sp³-hybridized carbons (Fsp3) is 0.917. The second kappa shape index (κ2) is 11.5. The predicted octanol–water partition coefficient (Wildman–Crippen LogP) is 4.13. The largest absolute Gasteiger partial charge is 0.465 e. The summed E-state index contributed by atoms with van der Waals surface area (Å²) in [6.45, 7) is 2.68. The highest BCUT2D eigenvalue weighted by Crippen LogP contribution is 2.08. The van der Waals surface area contributed by atoms with Crippen LogP contribution in [0.25, 0.3) is 0 Å². The van der Waals surface area contributed by atoms with Crippen LogP contribution >= 0.6 is 23.2 Å². The Bertz CT molecular complexity index is 174. The van der Waals surface area contributed by atoms with Gasteiger partial charge < -0.3 is 4.74 Å². The zero-order valence-corrected chi connectivity index (χ0v) is 11.5. The van der Waals surface area contributed by atoms with Gasteiger partial charge in [-0.15, -0.1) is 23.2 Å². The molecule has 96 valence electrons. The number of hydrogen-bond acceptors (Lipinski definition) is 2. The highest BCUT2D eigenvalue weighted by molar-refractivity contribution is 6.30. The topological polar surface area (TPSA) is 26.3 Å². The lowest BCUT2D eigenvalue weighted by Gasteiger charge is -2.08. The number of ether oxygens (including phenoxy) is 1. The average Bonchev–Trinajstić information content (AvgIpc) is 2.28. The van der Waals surface area contributed by atoms with Gasteiger partial charge in [-0.2, -0.15) is 0 Å². The molecule has 0 aromatic carbocycles. The molecule has 0 saturated carbocycles. The minimum absolute atomic E-state index is 0.337. The minimum atomic E-state index is -0.586. The standard InChI is InChI=1S/C12H22Cl2O2/c1-2-3-4-5-6-7-10-16-12(15)11(14)8-9-13/h11H,2-10H2,1H3. The fourth-order valence-corrected chi connectivity index (χ4v) is 1.86. The first-order valence-corrected chi connectivity index (χ1v) is 7.06. The zero-order chi connectivity index (χ0) is 12.2. The van der Waals surface area contributed by atoms with Gasteiger partial charge in [-0.25, -0.2) is 0 Å². The molecule has 1 unspecified atom stereocenters. The summed E-state index contributed by atoms with van der Waals surface area (Å²) in [5, 5.41) is -0.586. The Hall–Kier alpha value is 0.0500. The van der Waals surface area contributed by atoms with Gasteiger partial charge in [-0.05, 0) is 12.8 Å². The van der Waals surface area contributed by atoms with E-state index in [0.29, 0.717) is 18.9 Å². The van der Waals surface area contributed by atoms with E-state index < -0.39 is 5.38 Å². The summed E-state index contributed by atoms with van der Waals surface area (Å²) in [5.41, 5.74) is 0. The van der Waals surface area contributed by atoms with Crippen LogP contribution in [-0.4, -0.2) is 23.8 Å². The third kappa shape index (κ3) is 9.29. The smallest absolute Gasteiger partial charge is 0.324 e. The van der Waals surface area contributed by atoms with Gasteiger partial charge in [0.2, 0.25) is 0 Å². The van der Waals surface area contributed by atoms with Gasteiger partial charge in [0.15, 0.2) is 0 Å². The molecule has 0 bridgehead atoms. The van der Waals surface area contributed by atoms with Gasteiger partial charge in [-0.3, -0.25) is 4.79 Å². The van der Waals surface area contributed by atoms with Crippen molar-refractivity contribution < 1.29 is 9.53 Å². The molecule has 0 radical (unpaired) electrons. The molecule has 1 atom stereocenters. The molecule has 0 N–H and O–H groups in total. The van der Waals surface area contributed by atoms with Crippen LogP contribution < -0.4 is 0 Å². The van der Waals surface area contributed by atoms with Crippen LogP contribution in [0.4, 0.5) is 0 Å². The minimum Gasteiger partial charge on any atom is -0.465 e. The number of rotatable bonds is 10. The third-order valence-corrected chi connectivity index (χ3v) is 2.98. The Labute approximate surface area is 109 Å². The van der Waals surface area contributed by atoms with Crippen LogP contribution in [0.5, 0.6) is 0 Å². The van der Waals surface area contributed by atoms with Gasteiger partial charge in [0.05, 0.1) is 6.61 Å². The number of hydrogen-bond donors (Lipinski definition) is 0. The van der Waals surface area contributed by atoms with E-state index in [0.717, 1.165) is 12.8 Å². The van der Waals surface area contributed by atoms with Crippen molar-refractivity contribution in [3.8, 4) is 0 Å². The molecule has 0 amide bonds. The maximum atomic E-state index is 11.3. The lowest BCUT2D eigenvalue weighted by molar-refractivity contribution is -0.143. The fourth-order valence-electron chi connectivity index (χ4n) is 1.36. The predicted molar refractivity (Wildman–Crippen MR) is 69.3 cm³/mol. The van der Waals surface area contributed by atoms with Crippen molar-refractivity contribution in [2.45, 2.75) is 57.2 Å². The van der Waals surface area contributed by atoms with Crippen molar-refractivity contribution in [2.24, 2.45) is 0 Å². The van der Waals surface area contributed by atoms with Crippen LogP contribution in [0.3, 0.4) is 0 Å². The highest BCUT2D eigenvalue weighted by Gasteiger charge is 2.15. The maximum Gasteiger partial charge on any atom is 0.324 e. The van der Waals surface area contributed by atoms with Gasteiger partial charge in [0.25, 0.3) is 0 Å². The molecule has 0 aliphatic heterocycles. The van der Waals surface area contributed by atoms with Crippen molar-refractivity contribution in [1.29, 1.82) is 0 Å². The molecule has 2 nitrogen and oxygen atoms in total. The molecule has 0 saturated heterocycles. The molecule has 0 aliphatic rings. The van der Waals surface area contributed by atoms with Crippen molar-refractivity contribution in [3.63, 3.8) is 0 Å². The molecular weight excluding hydrogens is 247 g/mol. The Kier molecular flexibility index (Phi) is 11.6. The molecule has 0 aromatic heterocycles. The summed E-state index contributed by atoms with van der Waals surface area (Å²) in [6.07, 6.45) is 7.56. The summed E-state index contributed by atoms with van der Waals surface area (Å²) in [7, 11) is 0. The Morgan fingerprint density at radius 1 is 1.19 bits per heavy atom. The summed E-state index contributed by atoms with van der Waals surface area (Å²) in [4.78, 5) is 11.3. The summed E-state index contributed by atoms with van der Waals surface area (Å²) >= 11 is 11.2. The lowest BCUT2D eigenvalue weighted by Crippen LogP contribution is -2.18. The Morgan fingerprint density at radius 3 is 2.44 bits per heavy atom. The second-order valence-corrected chi connectivity index (χ2v) is 4.79. The zero-order valence-electron chi connectivity index (χ0n) is 10.0. The van der Waals surface area contributed by atoms with Crippen LogP contribution in [-0.2, 0) is 9.53 Å². The quantitative estimate of drug-likeness (QED) is 0.338. The van der Waals surface area contributed by atoms with E-state index in [1.807, 2.05) is 0 Å². The molecular formula is C12H22Cl2O2. The van der Waals surface area contributed by atoms with Crippen molar-refractivity contribution in [3.05, 3.63) is 0 Å². The first-order chi connectivity index (χ1) is 7.72. The van der Waals surface area contributed by atoms with E-state index in [-0.39, 0.29) is 5.97 Å². The van der Waals surface area contributed by atoms with E-state index in [4.69, 9.17) is 27.9 Å². The average molecular weight is 269 g/mol. The van der Waals surface area contributed by atoms with E-state index in [2.05, 4.69) is 6.92 Å². The summed E-state index contributed by atoms with van der Waals surface area (Å²) in [6, 6.07) is 0. The normalized spacial score (nSPS) is 12.4. The summed E-state index contributed by atoms with van der Waals surface area (Å²) < 4.78 is 5.03. The van der Waals surface area contributed by atoms with Crippen molar-refractivity contribution >= 4 is 29.2 Å². The third-order valence-electron chi connectivity index (χ3n) is 2.36. The van der Waals surface area contributed by atoms with Gasteiger partial charge in [-0.1, -0.05) is 39.0 Å². The van der Waals surface area contributed by atoms with Crippen LogP contribution in [0, 0.1) is 0 Å². The Morgan fingerprint density at radius 2 is 1.81 bits per heavy atom. The van der Waals surface area contributed by atoms with E-state index in [1.54, 1.807) is 0 Å². The summed E-state index contributed by atoms with van der Waals surface area (Å²) in [5.74, 6) is 0.0520. The molecule has 0 spiro atoms. The second-order valence-electron chi connectivity index (χ2n) is 3.88. The lowest BCUT2D eigenvalue weighted by atomic mass is 10.1. The van der Waals surface area contributed by atoms with Crippen LogP contribution in [0.1, 0.15) is 51.9 Å². The molecule has 0 heterocycles. The monoisotopic (exact) mass is 268 g/mol. The van der Waals surface area contributed by atoms with Gasteiger partial charge in [0.1, 0.15) is 5.38 Å². The molecule has 0 fully saturated rings. The maximum absolute atomic E-state index is 11.3. The number of unbranched alkanes of at least 4 members (excludes halogenated alkanes) is 5. The first-order valence-electron chi connectivity index (χ1n) is 6.09. The van der Waals surface area contributed by atoms with Crippen LogP contribution in [0.2, 0.25) is 0 Å². The van der Waals surface area contributed by atoms with Crippen molar-refractivity contribution in [2.75, 3.05) is 12.5 Å². The van der Waals surface area contributed by atoms with Gasteiger partial charge in [0, 0.05) is 5.88 Å². The number of alkyl halides is 2. The number of carbonyl (C=O) groups is 1. The number of carbonyl (C=O) groups excluding carboxylic acids is 1. The molecule has 0 aliphatic carbocycles. The SMILES string of the molecule is CCCCCCCCOC(=O)C(Cl)CCCl. The highest BCUT2D eigenvalue weighted by atomic mass is 35.5. The van der Waals surface area contributed by atoms with Gasteiger partial charge >= 0.3 is 5.97 Å². The number of esters is 1. The molecule has 0 rings (SSSR count). The van der Waals surface area contributed by atoms with Crippen molar-refractivity contribution in [1.82, 2.24) is 0 Å². The molecule has 4 heteroatoms. The van der Waals surface area contributed by atoms with E-state index in [9.17, 15) is 4.79 Å². The first kappa shape index (κ1) is 16.1. The van der Waals surface area contributed by atoms with E-state index >= 15 is 0 Å². The number of halogens is 2. The molecule has 0 aromatic rings. The van der Waals surface area contributed by atoms with E-state index in [1.165, 1.54) is 25.7 Å². The molecule has 16 heavy (non-hydrogen) atoms. The van der Waals surface area contributed by atoms with Crippen LogP contribution in [0.15, 0.2) is 0 Å².